The molecule has 2 aromatic heterocycles. The minimum absolute atomic E-state index is 0.117. The minimum Gasteiger partial charge on any atom is -0.488 e. The highest BCUT2D eigenvalue weighted by atomic mass is 35.5. The molecular weight excluding hydrogens is 1060 g/mol. The Morgan fingerprint density at radius 3 is 1.59 bits per heavy atom. The summed E-state index contributed by atoms with van der Waals surface area (Å²) in [6.45, 7) is 20.6. The molecule has 18 heteroatoms. The molecule has 80 heavy (non-hydrogen) atoms. The van der Waals surface area contributed by atoms with Crippen LogP contribution in [0.1, 0.15) is 111 Å². The third-order valence-corrected chi connectivity index (χ3v) is 13.7. The molecule has 16 nitrogen and oxygen atoms in total. The lowest BCUT2D eigenvalue weighted by molar-refractivity contribution is -0.147. The van der Waals surface area contributed by atoms with Crippen molar-refractivity contribution in [2.24, 2.45) is 9.98 Å². The van der Waals surface area contributed by atoms with Crippen LogP contribution >= 0.6 is 23.2 Å². The van der Waals surface area contributed by atoms with Crippen LogP contribution in [-0.4, -0.2) is 97.9 Å². The fourth-order valence-corrected chi connectivity index (χ4v) is 9.66. The molecule has 0 bridgehead atoms. The van der Waals surface area contributed by atoms with E-state index in [9.17, 15) is 19.8 Å². The molecule has 424 valence electrons. The minimum atomic E-state index is -1.05. The van der Waals surface area contributed by atoms with Crippen LogP contribution in [0.2, 0.25) is 10.0 Å². The zero-order chi connectivity index (χ0) is 57.9. The molecule has 0 unspecified atom stereocenters. The summed E-state index contributed by atoms with van der Waals surface area (Å²) in [6.07, 6.45) is 7.44. The Balaban J connectivity index is 1.10. The summed E-state index contributed by atoms with van der Waals surface area (Å²) in [5.41, 5.74) is 10.5. The topological polar surface area (TPSA) is 209 Å². The Morgan fingerprint density at radius 2 is 1.12 bits per heavy atom. The van der Waals surface area contributed by atoms with Gasteiger partial charge in [0.15, 0.2) is 6.04 Å². The predicted molar refractivity (Wildman–Crippen MR) is 314 cm³/mol. The molecule has 0 aliphatic carbocycles. The van der Waals surface area contributed by atoms with E-state index < -0.39 is 47.4 Å². The van der Waals surface area contributed by atoms with Gasteiger partial charge in [0.05, 0.1) is 45.7 Å². The maximum atomic E-state index is 12.5. The number of nitrogens with zero attached hydrogens (tertiary/aromatic N) is 4. The van der Waals surface area contributed by atoms with Crippen LogP contribution in [0.4, 0.5) is 0 Å². The Hall–Kier alpha value is -6.92. The zero-order valence-corrected chi connectivity index (χ0v) is 48.8. The molecule has 6 aromatic rings. The molecule has 0 saturated carbocycles. The van der Waals surface area contributed by atoms with Crippen molar-refractivity contribution in [2.45, 2.75) is 144 Å². The standard InChI is InChI=1S/C62H72Cl2N6O10/c1-36-43(34-77-55-22-53(75-32-41-18-40(24-65-11)25-66-26-41)46(20-50(55)63)29-69-57(59(71)72)38(3)79-61(5,6)7)14-12-16-48(36)49-17-13-15-44(37(49)2)35-78-56-23-54(76-33-42-19-45(28-67-27-42)52-31-68-52)47(21-51(56)64)30-70-58(60(73)74)39(4)80-62(8,9)10/h12-28,38-39,57-58,69-70H,29-35H2,1-11H3,(H,71,72)(H,73,74)/p+1/t38-,39-,57+,58+/m1/s1. The van der Waals surface area contributed by atoms with Gasteiger partial charge in [-0.25, -0.2) is 0 Å². The number of benzene rings is 4. The molecule has 5 N–H and O–H groups in total. The van der Waals surface area contributed by atoms with E-state index in [-0.39, 0.29) is 39.5 Å². The van der Waals surface area contributed by atoms with Crippen LogP contribution in [0.25, 0.3) is 11.1 Å². The van der Waals surface area contributed by atoms with Gasteiger partial charge in [0.25, 0.3) is 0 Å². The first kappa shape index (κ1) is 60.7. The number of pyridine rings is 2. The summed E-state index contributed by atoms with van der Waals surface area (Å²) in [5, 5.41) is 27.5. The van der Waals surface area contributed by atoms with Gasteiger partial charge in [-0.15, -0.1) is 0 Å². The number of nitrogens with one attached hydrogen (secondary N) is 2. The fraction of sp³-hybridized carbons (Fsp3) is 0.387. The maximum absolute atomic E-state index is 12.5. The van der Waals surface area contributed by atoms with E-state index in [2.05, 4.69) is 56.6 Å². The number of carboxylic acid groups (broad SMARTS) is 2. The van der Waals surface area contributed by atoms with Crippen molar-refractivity contribution in [3.63, 3.8) is 0 Å². The molecule has 0 radical (unpaired) electrons. The number of carbonyl (C=O) groups is 1. The van der Waals surface area contributed by atoms with Gasteiger partial charge in [-0.3, -0.25) is 35.4 Å². The number of ether oxygens (including phenoxy) is 6. The first-order valence-electron chi connectivity index (χ1n) is 26.4. The Kier molecular flexibility index (Phi) is 20.5. The molecule has 0 saturated heterocycles. The van der Waals surface area contributed by atoms with Gasteiger partial charge in [-0.2, -0.15) is 0 Å². The van der Waals surface area contributed by atoms with Crippen molar-refractivity contribution in [2.75, 3.05) is 13.6 Å². The second-order valence-corrected chi connectivity index (χ2v) is 22.6. The van der Waals surface area contributed by atoms with Crippen LogP contribution in [0.5, 0.6) is 23.0 Å². The second-order valence-electron chi connectivity index (χ2n) is 21.8. The lowest BCUT2D eigenvalue weighted by Gasteiger charge is -2.29. The van der Waals surface area contributed by atoms with E-state index in [4.69, 9.17) is 51.6 Å². The van der Waals surface area contributed by atoms with E-state index in [1.807, 2.05) is 77.9 Å². The lowest BCUT2D eigenvalue weighted by Crippen LogP contribution is -2.48. The molecule has 1 aliphatic rings. The van der Waals surface area contributed by atoms with E-state index in [1.165, 1.54) is 0 Å². The van der Waals surface area contributed by atoms with Crippen molar-refractivity contribution in [3.8, 4) is 34.1 Å². The van der Waals surface area contributed by atoms with Gasteiger partial charge in [0, 0.05) is 96.7 Å². The average molecular weight is 1130 g/mol. The number of aliphatic carboxylic acids is 2. The van der Waals surface area contributed by atoms with E-state index in [0.29, 0.717) is 50.7 Å². The predicted octanol–water partition coefficient (Wildman–Crippen LogP) is 11.7. The van der Waals surface area contributed by atoms with E-state index in [0.717, 1.165) is 61.3 Å². The first-order chi connectivity index (χ1) is 38.0. The number of halogens is 2. The van der Waals surface area contributed by atoms with Crippen LogP contribution in [0.3, 0.4) is 0 Å². The molecule has 4 atom stereocenters. The van der Waals surface area contributed by atoms with Gasteiger partial charge in [0.1, 0.15) is 55.5 Å². The van der Waals surface area contributed by atoms with Crippen molar-refractivity contribution >= 4 is 47.1 Å². The van der Waals surface area contributed by atoms with Crippen molar-refractivity contribution in [1.82, 2.24) is 20.6 Å². The third-order valence-electron chi connectivity index (χ3n) is 13.1. The molecule has 4 aromatic carbocycles. The normalized spacial score (nSPS) is 14.0. The smallest absolute Gasteiger partial charge is 0.488 e. The summed E-state index contributed by atoms with van der Waals surface area (Å²) in [5.74, 6) is -0.136. The molecule has 7 rings (SSSR count). The highest BCUT2D eigenvalue weighted by molar-refractivity contribution is 6.32. The Labute approximate surface area is 478 Å². The largest absolute Gasteiger partial charge is 0.501 e. The Morgan fingerprint density at radius 1 is 0.662 bits per heavy atom. The summed E-state index contributed by atoms with van der Waals surface area (Å²) < 4.78 is 37.9. The van der Waals surface area contributed by atoms with Crippen LogP contribution in [0.15, 0.2) is 108 Å². The highest BCUT2D eigenvalue weighted by Crippen LogP contribution is 2.38. The quantitative estimate of drug-likeness (QED) is 0.0280. The van der Waals surface area contributed by atoms with Crippen molar-refractivity contribution < 1.29 is 48.2 Å². The van der Waals surface area contributed by atoms with Crippen LogP contribution in [0, 0.1) is 13.8 Å². The molecule has 0 amide bonds. The number of carboxylic acids is 2. The maximum Gasteiger partial charge on any atom is 0.501 e. The average Bonchev–Trinajstić information content (AvgIpc) is 4.28. The summed E-state index contributed by atoms with van der Waals surface area (Å²) in [4.78, 5) is 39.9. The van der Waals surface area contributed by atoms with Gasteiger partial charge < -0.3 is 43.4 Å². The number of aliphatic imine (C=N–C) groups is 2. The summed E-state index contributed by atoms with van der Waals surface area (Å²) in [7, 11) is 1.70. The van der Waals surface area contributed by atoms with Gasteiger partial charge in [0.2, 0.25) is 0 Å². The van der Waals surface area contributed by atoms with Gasteiger partial charge in [-0.05, 0) is 127 Å². The number of aliphatic hydroxyl groups excluding tert-OH is 1. The van der Waals surface area contributed by atoms with Crippen molar-refractivity contribution in [1.29, 1.82) is 0 Å². The number of aromatic nitrogens is 2. The fourth-order valence-electron chi connectivity index (χ4n) is 9.18. The van der Waals surface area contributed by atoms with Crippen LogP contribution < -0.4 is 29.6 Å². The molecule has 0 fully saturated rings. The van der Waals surface area contributed by atoms with Crippen molar-refractivity contribution in [3.05, 3.63) is 163 Å². The SMILES string of the molecule is CN=Cc1cncc(COc2cc(OCc3cccc(-c4cccc(COc5cc(OCc6cncc(C7=NC7)c6)c(CN[C@H](C(=O)O)[C@@H](C)OC(C)(C)C)cc5Cl)c4C)c3C)c(Cl)cc2CN[C@H](C(O)=[OH+])[C@@H](C)OC(C)(C)C)c1. The number of hydrogen-bond donors (Lipinski definition) is 4. The molecular formula is C62H73Cl2N6O10+. The van der Waals surface area contributed by atoms with Gasteiger partial charge in [-0.1, -0.05) is 59.6 Å². The van der Waals surface area contributed by atoms with E-state index >= 15 is 0 Å². The third kappa shape index (κ3) is 17.1. The lowest BCUT2D eigenvalue weighted by atomic mass is 9.92. The number of rotatable bonds is 27. The second kappa shape index (κ2) is 27.0. The van der Waals surface area contributed by atoms with Crippen LogP contribution in [-0.2, 0) is 53.8 Å². The Bertz CT molecular complexity index is 3230. The van der Waals surface area contributed by atoms with Gasteiger partial charge >= 0.3 is 11.9 Å². The number of hydrogen-bond acceptors (Lipinski definition) is 13. The highest BCUT2D eigenvalue weighted by Gasteiger charge is 2.34. The van der Waals surface area contributed by atoms with E-state index in [1.54, 1.807) is 76.2 Å². The monoisotopic (exact) mass is 1130 g/mol. The first-order valence-corrected chi connectivity index (χ1v) is 27.2. The zero-order valence-electron chi connectivity index (χ0n) is 47.3. The molecule has 0 spiro atoms. The molecule has 3 heterocycles. The summed E-state index contributed by atoms with van der Waals surface area (Å²) in [6, 6.07) is 21.1. The summed E-state index contributed by atoms with van der Waals surface area (Å²) >= 11 is 13.9. The molecule has 1 aliphatic heterocycles.